The molecule has 1 fully saturated rings. The Morgan fingerprint density at radius 2 is 1.92 bits per heavy atom. The quantitative estimate of drug-likeness (QED) is 0.682. The second-order valence-corrected chi connectivity index (χ2v) is 6.27. The molecular formula is C17H18ClN5O. The molecular weight excluding hydrogens is 326 g/mol. The summed E-state index contributed by atoms with van der Waals surface area (Å²) in [4.78, 5) is 11.1. The largest absolute Gasteiger partial charge is 0.378 e. The van der Waals surface area contributed by atoms with Crippen LogP contribution in [0.3, 0.4) is 0 Å². The maximum absolute atomic E-state index is 6.56. The van der Waals surface area contributed by atoms with Gasteiger partial charge in [0.2, 0.25) is 0 Å². The highest BCUT2D eigenvalue weighted by molar-refractivity contribution is 6.20. The zero-order chi connectivity index (χ0) is 16.4. The van der Waals surface area contributed by atoms with Gasteiger partial charge >= 0.3 is 0 Å². The Balaban J connectivity index is 1.63. The maximum Gasteiger partial charge on any atom is 0.163 e. The van der Waals surface area contributed by atoms with Crippen LogP contribution in [0.1, 0.15) is 10.9 Å². The fraction of sp³-hybridized carbons (Fsp3) is 0.353. The van der Waals surface area contributed by atoms with Crippen LogP contribution in [0, 0.1) is 0 Å². The molecule has 4 rings (SSSR count). The van der Waals surface area contributed by atoms with Crippen molar-refractivity contribution in [3.8, 4) is 0 Å². The molecule has 7 heteroatoms. The Bertz CT molecular complexity index is 816. The van der Waals surface area contributed by atoms with Gasteiger partial charge in [0.1, 0.15) is 12.1 Å². The summed E-state index contributed by atoms with van der Waals surface area (Å²) in [5.41, 5.74) is 1.89. The van der Waals surface area contributed by atoms with Gasteiger partial charge < -0.3 is 9.64 Å². The molecule has 0 spiro atoms. The van der Waals surface area contributed by atoms with Crippen LogP contribution in [-0.4, -0.2) is 46.1 Å². The van der Waals surface area contributed by atoms with Gasteiger partial charge in [-0.15, -0.1) is 11.6 Å². The van der Waals surface area contributed by atoms with E-state index in [0.717, 1.165) is 48.7 Å². The molecule has 1 aromatic carbocycles. The number of nitrogens with zero attached hydrogens (tertiary/aromatic N) is 5. The molecule has 0 amide bonds. The van der Waals surface area contributed by atoms with E-state index in [4.69, 9.17) is 16.3 Å². The van der Waals surface area contributed by atoms with Crippen LogP contribution in [0.5, 0.6) is 0 Å². The number of fused-ring (bicyclic) bond motifs is 1. The molecule has 1 aliphatic rings. The summed E-state index contributed by atoms with van der Waals surface area (Å²) in [5.74, 6) is 0.917. The molecule has 3 heterocycles. The molecule has 0 radical (unpaired) electrons. The van der Waals surface area contributed by atoms with Gasteiger partial charge in [0.05, 0.1) is 36.7 Å². The molecule has 24 heavy (non-hydrogen) atoms. The van der Waals surface area contributed by atoms with Gasteiger partial charge in [0, 0.05) is 13.1 Å². The number of benzene rings is 1. The van der Waals surface area contributed by atoms with Crippen molar-refractivity contribution in [3.05, 3.63) is 48.4 Å². The van der Waals surface area contributed by atoms with Gasteiger partial charge in [-0.05, 0) is 5.56 Å². The molecule has 0 bridgehead atoms. The third-order valence-corrected chi connectivity index (χ3v) is 4.61. The summed E-state index contributed by atoms with van der Waals surface area (Å²) in [6.07, 6.45) is 3.42. The molecule has 2 aromatic heterocycles. The van der Waals surface area contributed by atoms with Crippen molar-refractivity contribution < 1.29 is 4.74 Å². The minimum absolute atomic E-state index is 0.156. The fourth-order valence-electron chi connectivity index (χ4n) is 2.96. The van der Waals surface area contributed by atoms with E-state index in [1.165, 1.54) is 0 Å². The van der Waals surface area contributed by atoms with Gasteiger partial charge in [0.15, 0.2) is 5.65 Å². The first-order valence-electron chi connectivity index (χ1n) is 8.01. The Morgan fingerprint density at radius 1 is 1.12 bits per heavy atom. The molecule has 3 aromatic rings. The first-order valence-corrected chi connectivity index (χ1v) is 8.45. The number of halogens is 1. The van der Waals surface area contributed by atoms with E-state index in [9.17, 15) is 0 Å². The van der Waals surface area contributed by atoms with Gasteiger partial charge in [0.25, 0.3) is 0 Å². The normalized spacial score (nSPS) is 16.5. The maximum atomic E-state index is 6.56. The smallest absolute Gasteiger partial charge is 0.163 e. The molecule has 0 saturated carbocycles. The molecule has 0 N–H and O–H groups in total. The zero-order valence-corrected chi connectivity index (χ0v) is 13.9. The van der Waals surface area contributed by atoms with Crippen molar-refractivity contribution in [1.82, 2.24) is 19.7 Å². The van der Waals surface area contributed by atoms with E-state index in [2.05, 4.69) is 20.0 Å². The summed E-state index contributed by atoms with van der Waals surface area (Å²) < 4.78 is 7.27. The number of aromatic nitrogens is 4. The average Bonchev–Trinajstić information content (AvgIpc) is 3.06. The molecule has 1 atom stereocenters. The third-order valence-electron chi connectivity index (χ3n) is 4.22. The van der Waals surface area contributed by atoms with E-state index in [1.54, 1.807) is 6.33 Å². The highest BCUT2D eigenvalue weighted by Crippen LogP contribution is 2.27. The molecule has 1 aliphatic heterocycles. The lowest BCUT2D eigenvalue weighted by Gasteiger charge is -2.27. The summed E-state index contributed by atoms with van der Waals surface area (Å²) in [6, 6.07) is 10.0. The number of hydrogen-bond acceptors (Lipinski definition) is 5. The van der Waals surface area contributed by atoms with Crippen LogP contribution in [0.2, 0.25) is 0 Å². The van der Waals surface area contributed by atoms with Crippen molar-refractivity contribution in [1.29, 1.82) is 0 Å². The Morgan fingerprint density at radius 3 is 2.71 bits per heavy atom. The highest BCUT2D eigenvalue weighted by atomic mass is 35.5. The lowest BCUT2D eigenvalue weighted by atomic mass is 10.1. The standard InChI is InChI=1S/C17H18ClN5O/c18-15(13-4-2-1-3-5-13)11-23-17-14(10-21-23)16(19-12-20-17)22-6-8-24-9-7-22/h1-5,10,12,15H,6-9,11H2. The van der Waals surface area contributed by atoms with E-state index in [0.29, 0.717) is 6.54 Å². The Labute approximate surface area is 145 Å². The first kappa shape index (κ1) is 15.4. The van der Waals surface area contributed by atoms with Crippen LogP contribution >= 0.6 is 11.6 Å². The topological polar surface area (TPSA) is 56.1 Å². The van der Waals surface area contributed by atoms with Gasteiger partial charge in [-0.25, -0.2) is 14.6 Å². The van der Waals surface area contributed by atoms with E-state index in [-0.39, 0.29) is 5.38 Å². The molecule has 0 aliphatic carbocycles. The number of anilines is 1. The number of ether oxygens (including phenoxy) is 1. The van der Waals surface area contributed by atoms with E-state index in [1.807, 2.05) is 41.2 Å². The van der Waals surface area contributed by atoms with Crippen LogP contribution in [0.4, 0.5) is 5.82 Å². The Hall–Kier alpha value is -2.18. The van der Waals surface area contributed by atoms with Crippen LogP contribution in [0.15, 0.2) is 42.9 Å². The molecule has 1 saturated heterocycles. The van der Waals surface area contributed by atoms with Crippen molar-refractivity contribution >= 4 is 28.5 Å². The zero-order valence-electron chi connectivity index (χ0n) is 13.2. The second-order valence-electron chi connectivity index (χ2n) is 5.74. The average molecular weight is 344 g/mol. The fourth-order valence-corrected chi connectivity index (χ4v) is 3.24. The Kier molecular flexibility index (Phi) is 4.32. The van der Waals surface area contributed by atoms with Crippen LogP contribution in [0.25, 0.3) is 11.0 Å². The monoisotopic (exact) mass is 343 g/mol. The van der Waals surface area contributed by atoms with Gasteiger partial charge in [-0.3, -0.25) is 0 Å². The van der Waals surface area contributed by atoms with Crippen molar-refractivity contribution in [3.63, 3.8) is 0 Å². The minimum atomic E-state index is -0.156. The molecule has 1 unspecified atom stereocenters. The van der Waals surface area contributed by atoms with Crippen LogP contribution < -0.4 is 4.90 Å². The summed E-state index contributed by atoms with van der Waals surface area (Å²) in [7, 11) is 0. The van der Waals surface area contributed by atoms with Gasteiger partial charge in [-0.1, -0.05) is 30.3 Å². The number of alkyl halides is 1. The molecule has 6 nitrogen and oxygen atoms in total. The van der Waals surface area contributed by atoms with Crippen LogP contribution in [-0.2, 0) is 11.3 Å². The SMILES string of the molecule is ClC(Cn1ncc2c(N3CCOCC3)ncnc21)c1ccccc1. The number of rotatable bonds is 4. The number of hydrogen-bond donors (Lipinski definition) is 0. The van der Waals surface area contributed by atoms with Crippen molar-refractivity contribution in [2.75, 3.05) is 31.2 Å². The predicted octanol–water partition coefficient (Wildman–Crippen LogP) is 2.64. The lowest BCUT2D eigenvalue weighted by molar-refractivity contribution is 0.122. The minimum Gasteiger partial charge on any atom is -0.378 e. The van der Waals surface area contributed by atoms with Crippen molar-refractivity contribution in [2.45, 2.75) is 11.9 Å². The van der Waals surface area contributed by atoms with E-state index >= 15 is 0 Å². The predicted molar refractivity (Wildman–Crippen MR) is 93.4 cm³/mol. The summed E-state index contributed by atoms with van der Waals surface area (Å²) >= 11 is 6.56. The molecule has 124 valence electrons. The second kappa shape index (κ2) is 6.75. The van der Waals surface area contributed by atoms with Gasteiger partial charge in [-0.2, -0.15) is 5.10 Å². The summed E-state index contributed by atoms with van der Waals surface area (Å²) in [6.45, 7) is 3.67. The van der Waals surface area contributed by atoms with E-state index < -0.39 is 0 Å². The summed E-state index contributed by atoms with van der Waals surface area (Å²) in [5, 5.41) is 5.29. The third kappa shape index (κ3) is 2.95. The first-order chi connectivity index (χ1) is 11.8. The highest BCUT2D eigenvalue weighted by Gasteiger charge is 2.19. The number of morpholine rings is 1. The van der Waals surface area contributed by atoms with Crippen molar-refractivity contribution in [2.24, 2.45) is 0 Å². The lowest BCUT2D eigenvalue weighted by Crippen LogP contribution is -2.36.